The summed E-state index contributed by atoms with van der Waals surface area (Å²) in [4.78, 5) is 18.9. The Kier molecular flexibility index (Phi) is 11.5. The van der Waals surface area contributed by atoms with Gasteiger partial charge < -0.3 is 0 Å². The first-order valence-electron chi connectivity index (χ1n) is 11.7. The molecule has 0 saturated carbocycles. The SMILES string of the molecule is [Mg+2].c1ccc(-c2cccc[nH+]2)[nH+]c1.c1ccc(-c2cccc[nH+]2)[nH+]c1.c1ccc(-c2cccc[nH+]2)[nH+]c1. The number of hydrogen-bond acceptors (Lipinski definition) is 0. The zero-order chi connectivity index (χ0) is 24.7. The Labute approximate surface area is 232 Å². The molecule has 0 aromatic carbocycles. The second kappa shape index (κ2) is 15.6. The van der Waals surface area contributed by atoms with Gasteiger partial charge in [-0.2, -0.15) is 0 Å². The minimum atomic E-state index is 0. The van der Waals surface area contributed by atoms with Crippen molar-refractivity contribution < 1.29 is 29.9 Å². The Balaban J connectivity index is 0.000000152. The summed E-state index contributed by atoms with van der Waals surface area (Å²) in [5, 5.41) is 0. The fourth-order valence-corrected chi connectivity index (χ4v) is 3.37. The molecule has 0 aliphatic heterocycles. The minimum Gasteiger partial charge on any atom is -0.206 e. The van der Waals surface area contributed by atoms with Crippen LogP contribution in [-0.4, -0.2) is 23.1 Å². The van der Waals surface area contributed by atoms with Gasteiger partial charge in [-0.25, -0.2) is 29.9 Å². The molecule has 6 N–H and O–H groups in total. The Bertz CT molecular complexity index is 1100. The topological polar surface area (TPSA) is 84.8 Å². The molecule has 6 nitrogen and oxygen atoms in total. The maximum atomic E-state index is 3.15. The zero-order valence-corrected chi connectivity index (χ0v) is 22.0. The molecule has 0 fully saturated rings. The number of pyridine rings is 6. The van der Waals surface area contributed by atoms with Gasteiger partial charge in [0.15, 0.2) is 37.2 Å². The Morgan fingerprint density at radius 1 is 0.243 bits per heavy atom. The van der Waals surface area contributed by atoms with E-state index in [2.05, 4.69) is 29.9 Å². The van der Waals surface area contributed by atoms with E-state index < -0.39 is 0 Å². The quantitative estimate of drug-likeness (QED) is 0.336. The van der Waals surface area contributed by atoms with Gasteiger partial charge in [0.2, 0.25) is 0 Å². The Morgan fingerprint density at radius 2 is 0.405 bits per heavy atom. The van der Waals surface area contributed by atoms with Crippen LogP contribution in [-0.2, 0) is 0 Å². The summed E-state index contributed by atoms with van der Waals surface area (Å²) >= 11 is 0. The average Bonchev–Trinajstić information content (AvgIpc) is 3.01. The van der Waals surface area contributed by atoms with Crippen LogP contribution in [0.4, 0.5) is 0 Å². The molecule has 0 aliphatic carbocycles. The van der Waals surface area contributed by atoms with Crippen molar-refractivity contribution in [3.8, 4) is 34.2 Å². The molecular weight excluding hydrogens is 469 g/mol. The van der Waals surface area contributed by atoms with E-state index in [4.69, 9.17) is 0 Å². The summed E-state index contributed by atoms with van der Waals surface area (Å²) in [6.07, 6.45) is 11.5. The molecular formula is C30H30MgN6+8. The molecule has 6 rings (SSSR count). The zero-order valence-electron chi connectivity index (χ0n) is 20.6. The smallest absolute Gasteiger partial charge is 0.206 e. The van der Waals surface area contributed by atoms with Crippen LogP contribution in [0.1, 0.15) is 0 Å². The predicted molar refractivity (Wildman–Crippen MR) is 141 cm³/mol. The Hall–Kier alpha value is -4.33. The van der Waals surface area contributed by atoms with Crippen molar-refractivity contribution in [3.63, 3.8) is 0 Å². The van der Waals surface area contributed by atoms with Crippen molar-refractivity contribution >= 4 is 23.1 Å². The van der Waals surface area contributed by atoms with Crippen LogP contribution in [0, 0.1) is 0 Å². The molecule has 0 aliphatic rings. The molecule has 174 valence electrons. The van der Waals surface area contributed by atoms with Crippen molar-refractivity contribution in [2.45, 2.75) is 0 Å². The van der Waals surface area contributed by atoms with Crippen molar-refractivity contribution in [2.75, 3.05) is 0 Å². The van der Waals surface area contributed by atoms with Gasteiger partial charge in [-0.1, -0.05) is 0 Å². The molecule has 0 atom stereocenters. The molecule has 0 unspecified atom stereocenters. The van der Waals surface area contributed by atoms with Gasteiger partial charge in [0, 0.05) is 72.8 Å². The molecule has 0 bridgehead atoms. The van der Waals surface area contributed by atoms with Crippen LogP contribution >= 0.6 is 0 Å². The summed E-state index contributed by atoms with van der Waals surface area (Å²) in [7, 11) is 0. The number of H-pyrrole nitrogens is 6. The van der Waals surface area contributed by atoms with E-state index in [0.717, 1.165) is 34.2 Å². The Morgan fingerprint density at radius 3 is 0.514 bits per heavy atom. The number of aromatic amines is 6. The van der Waals surface area contributed by atoms with E-state index >= 15 is 0 Å². The largest absolute Gasteiger partial charge is 2.00 e. The van der Waals surface area contributed by atoms with Crippen LogP contribution in [0.2, 0.25) is 0 Å². The maximum Gasteiger partial charge on any atom is 2.00 e. The number of hydrogen-bond donors (Lipinski definition) is 0. The summed E-state index contributed by atoms with van der Waals surface area (Å²) < 4.78 is 0. The average molecular weight is 499 g/mol. The van der Waals surface area contributed by atoms with Crippen molar-refractivity contribution in [1.29, 1.82) is 0 Å². The fourth-order valence-electron chi connectivity index (χ4n) is 3.37. The molecule has 6 aromatic rings. The van der Waals surface area contributed by atoms with Gasteiger partial charge in [0.05, 0.1) is 0 Å². The second-order valence-corrected chi connectivity index (χ2v) is 7.66. The van der Waals surface area contributed by atoms with E-state index in [9.17, 15) is 0 Å². The van der Waals surface area contributed by atoms with E-state index in [1.807, 2.05) is 146 Å². The predicted octanol–water partition coefficient (Wildman–Crippen LogP) is 2.56. The van der Waals surface area contributed by atoms with Gasteiger partial charge in [0.25, 0.3) is 34.2 Å². The number of nitrogens with one attached hydrogen (secondary N) is 6. The van der Waals surface area contributed by atoms with E-state index in [1.54, 1.807) is 0 Å². The molecule has 37 heavy (non-hydrogen) atoms. The summed E-state index contributed by atoms with van der Waals surface area (Å²) in [5.41, 5.74) is 6.57. The molecule has 0 amide bonds. The van der Waals surface area contributed by atoms with Gasteiger partial charge in [-0.3, -0.25) is 0 Å². The summed E-state index contributed by atoms with van der Waals surface area (Å²) in [5.74, 6) is 0. The molecule has 0 saturated heterocycles. The van der Waals surface area contributed by atoms with Crippen LogP contribution in [0.3, 0.4) is 0 Å². The van der Waals surface area contributed by atoms with Gasteiger partial charge >= 0.3 is 23.1 Å². The standard InChI is InChI=1S/3C10H8N2.Mg/c3*1-3-7-11-9(5-1)10-6-2-4-8-12-10;/h3*1-8H;/q;;;+2/p+6. The first-order valence-corrected chi connectivity index (χ1v) is 11.7. The van der Waals surface area contributed by atoms with Crippen molar-refractivity contribution in [3.05, 3.63) is 146 Å². The number of aromatic nitrogens is 6. The van der Waals surface area contributed by atoms with Crippen LogP contribution in [0.5, 0.6) is 0 Å². The van der Waals surface area contributed by atoms with Gasteiger partial charge in [0.1, 0.15) is 0 Å². The molecule has 6 aromatic heterocycles. The normalized spacial score (nSPS) is 9.41. The second-order valence-electron chi connectivity index (χ2n) is 7.66. The minimum absolute atomic E-state index is 0. The van der Waals surface area contributed by atoms with Crippen molar-refractivity contribution in [1.82, 2.24) is 0 Å². The van der Waals surface area contributed by atoms with E-state index in [1.165, 1.54) is 0 Å². The third kappa shape index (κ3) is 8.99. The molecule has 6 heterocycles. The van der Waals surface area contributed by atoms with Crippen LogP contribution < -0.4 is 29.9 Å². The molecule has 0 radical (unpaired) electrons. The summed E-state index contributed by atoms with van der Waals surface area (Å²) in [6, 6.07) is 36.0. The van der Waals surface area contributed by atoms with Gasteiger partial charge in [-0.15, -0.1) is 0 Å². The van der Waals surface area contributed by atoms with Gasteiger partial charge in [-0.05, 0) is 36.4 Å². The third-order valence-electron chi connectivity index (χ3n) is 5.12. The monoisotopic (exact) mass is 498 g/mol. The first-order chi connectivity index (χ1) is 17.9. The summed E-state index contributed by atoms with van der Waals surface area (Å²) in [6.45, 7) is 0. The first kappa shape index (κ1) is 27.3. The molecule has 7 heteroatoms. The molecule has 0 spiro atoms. The van der Waals surface area contributed by atoms with E-state index in [0.29, 0.717) is 0 Å². The maximum absolute atomic E-state index is 3.15. The third-order valence-corrected chi connectivity index (χ3v) is 5.12. The number of rotatable bonds is 3. The van der Waals surface area contributed by atoms with Crippen LogP contribution in [0.25, 0.3) is 34.2 Å². The van der Waals surface area contributed by atoms with Crippen LogP contribution in [0.15, 0.2) is 146 Å². The fraction of sp³-hybridized carbons (Fsp3) is 0. The van der Waals surface area contributed by atoms with Crippen molar-refractivity contribution in [2.24, 2.45) is 0 Å². The van der Waals surface area contributed by atoms with E-state index in [-0.39, 0.29) is 23.1 Å².